The molecule has 0 spiro atoms. The Bertz CT molecular complexity index is 962. The second-order valence-electron chi connectivity index (χ2n) is 11.3. The van der Waals surface area contributed by atoms with E-state index in [1.165, 1.54) is 25.2 Å². The van der Waals surface area contributed by atoms with Crippen LogP contribution in [0.1, 0.15) is 84.3 Å². The van der Waals surface area contributed by atoms with Crippen molar-refractivity contribution in [3.63, 3.8) is 0 Å². The number of carbonyl (C=O) groups excluding carboxylic acids is 1. The number of rotatable bonds is 16. The van der Waals surface area contributed by atoms with Crippen LogP contribution in [-0.4, -0.2) is 67.1 Å². The molecule has 1 aromatic heterocycles. The second kappa shape index (κ2) is 12.9. The van der Waals surface area contributed by atoms with Crippen LogP contribution in [-0.2, 0) is 20.9 Å². The van der Waals surface area contributed by atoms with Crippen molar-refractivity contribution >= 4 is 29.2 Å². The number of carboxylic acid groups (broad SMARTS) is 1. The van der Waals surface area contributed by atoms with Crippen molar-refractivity contribution in [3.8, 4) is 0 Å². The zero-order valence-electron chi connectivity index (χ0n) is 22.8. The molecule has 1 saturated heterocycles. The fourth-order valence-electron chi connectivity index (χ4n) is 4.79. The van der Waals surface area contributed by atoms with Gasteiger partial charge in [0.1, 0.15) is 10.8 Å². The Morgan fingerprint density at radius 1 is 1.32 bits per heavy atom. The number of aliphatic hydroxyl groups excluding tert-OH is 3. The van der Waals surface area contributed by atoms with E-state index in [4.69, 9.17) is 15.6 Å². The van der Waals surface area contributed by atoms with Crippen molar-refractivity contribution in [2.75, 3.05) is 0 Å². The average Bonchev–Trinajstić information content (AvgIpc) is 3.23. The molecule has 7 atom stereocenters. The molecule has 0 aliphatic carbocycles. The maximum absolute atomic E-state index is 12.9. The second-order valence-corrected chi connectivity index (χ2v) is 12.3. The van der Waals surface area contributed by atoms with Crippen LogP contribution in [0, 0.1) is 17.3 Å². The fraction of sp³-hybridized carbons (Fsp3) is 0.741. The molecule has 6 N–H and O–H groups in total. The molecule has 37 heavy (non-hydrogen) atoms. The highest BCUT2D eigenvalue weighted by Gasteiger charge is 2.51. The molecule has 210 valence electrons. The molecule has 1 fully saturated rings. The van der Waals surface area contributed by atoms with Gasteiger partial charge in [-0.1, -0.05) is 39.7 Å². The van der Waals surface area contributed by atoms with Crippen molar-refractivity contribution in [1.82, 2.24) is 4.98 Å². The van der Waals surface area contributed by atoms with Crippen LogP contribution in [0.3, 0.4) is 0 Å². The molecule has 2 rings (SSSR count). The van der Waals surface area contributed by atoms with Crippen LogP contribution in [0.4, 0.5) is 0 Å². The lowest BCUT2D eigenvalue weighted by molar-refractivity contribution is -0.147. The summed E-state index contributed by atoms with van der Waals surface area (Å²) in [5.74, 6) is -2.40. The molecular formula is C27H44N2O7S. The Hall–Kier alpha value is -1.69. The molecule has 0 amide bonds. The Labute approximate surface area is 223 Å². The van der Waals surface area contributed by atoms with E-state index >= 15 is 0 Å². The molecule has 10 heteroatoms. The minimum atomic E-state index is -1.32. The molecule has 1 aliphatic rings. The largest absolute Gasteiger partial charge is 0.481 e. The smallest absolute Gasteiger partial charge is 0.306 e. The van der Waals surface area contributed by atoms with Gasteiger partial charge in [-0.2, -0.15) is 0 Å². The molecule has 0 bridgehead atoms. The number of carboxylic acids is 1. The van der Waals surface area contributed by atoms with E-state index in [0.717, 1.165) is 24.1 Å². The van der Waals surface area contributed by atoms with Crippen LogP contribution in [0.2, 0.25) is 0 Å². The van der Waals surface area contributed by atoms with Gasteiger partial charge in [-0.05, 0) is 45.1 Å². The minimum absolute atomic E-state index is 0.0477. The number of hydrogen-bond donors (Lipinski definition) is 5. The van der Waals surface area contributed by atoms with Crippen molar-refractivity contribution in [3.05, 3.63) is 21.7 Å². The van der Waals surface area contributed by atoms with Gasteiger partial charge in [-0.3, -0.25) is 9.59 Å². The topological polar surface area (TPSA) is 166 Å². The number of carbonyl (C=O) groups is 2. The Morgan fingerprint density at radius 3 is 2.54 bits per heavy atom. The van der Waals surface area contributed by atoms with Gasteiger partial charge in [0.2, 0.25) is 0 Å². The number of thiazole rings is 1. The average molecular weight is 541 g/mol. The van der Waals surface area contributed by atoms with E-state index < -0.39 is 35.9 Å². The molecule has 9 nitrogen and oxygen atoms in total. The summed E-state index contributed by atoms with van der Waals surface area (Å²) in [7, 11) is 0. The van der Waals surface area contributed by atoms with Gasteiger partial charge in [0.25, 0.3) is 0 Å². The summed E-state index contributed by atoms with van der Waals surface area (Å²) in [5, 5.41) is 41.7. The van der Waals surface area contributed by atoms with Crippen LogP contribution in [0.5, 0.6) is 0 Å². The SMILES string of the molecule is C/C(=C\c1csc(CO)n1)C(N)CC1O[C@]1(C)CCC[C@H](C)[C@H](O)[C@@H](C)C(=O)C(C)(C)[C@@H](O)CC(=O)O. The number of nitrogens with two attached hydrogens (primary N) is 1. The van der Waals surface area contributed by atoms with Gasteiger partial charge in [0, 0.05) is 17.3 Å². The van der Waals surface area contributed by atoms with E-state index in [2.05, 4.69) is 11.9 Å². The van der Waals surface area contributed by atoms with E-state index in [-0.39, 0.29) is 36.1 Å². The molecule has 0 aromatic carbocycles. The van der Waals surface area contributed by atoms with Crippen LogP contribution < -0.4 is 5.73 Å². The van der Waals surface area contributed by atoms with Crippen molar-refractivity contribution < 1.29 is 34.8 Å². The first-order valence-corrected chi connectivity index (χ1v) is 13.8. The normalized spacial score (nSPS) is 24.3. The zero-order chi connectivity index (χ0) is 28.1. The summed E-state index contributed by atoms with van der Waals surface area (Å²) in [6.07, 6.45) is 2.25. The first-order chi connectivity index (χ1) is 17.1. The molecule has 1 aromatic rings. The van der Waals surface area contributed by atoms with Gasteiger partial charge >= 0.3 is 5.97 Å². The summed E-state index contributed by atoms with van der Waals surface area (Å²) < 4.78 is 5.98. The standard InChI is InChI=1S/C27H44N2O7S/c1-15(24(34)17(3)25(35)26(4,5)20(31)12-23(32)33)8-7-9-27(6)21(36-27)11-19(28)16(2)10-18-14-37-22(13-30)29-18/h10,14-15,17,19-21,24,30-31,34H,7-9,11-13,28H2,1-6H3,(H,32,33)/b16-10+/t15-,17+,19?,20-,21?,24-,27+/m0/s1. The number of aromatic nitrogens is 1. The summed E-state index contributed by atoms with van der Waals surface area (Å²) in [6, 6.07) is -0.168. The number of aliphatic hydroxyl groups is 3. The van der Waals surface area contributed by atoms with Gasteiger partial charge < -0.3 is 30.9 Å². The first kappa shape index (κ1) is 31.5. The Balaban J connectivity index is 1.81. The van der Waals surface area contributed by atoms with Crippen molar-refractivity contribution in [2.45, 2.75) is 110 Å². The predicted octanol–water partition coefficient (Wildman–Crippen LogP) is 3.15. The summed E-state index contributed by atoms with van der Waals surface area (Å²) >= 11 is 1.41. The molecular weight excluding hydrogens is 496 g/mol. The van der Waals surface area contributed by atoms with Gasteiger partial charge in [0.15, 0.2) is 0 Å². The number of ether oxygens (including phenoxy) is 1. The fourth-order valence-corrected chi connectivity index (χ4v) is 5.40. The maximum Gasteiger partial charge on any atom is 0.306 e. The lowest BCUT2D eigenvalue weighted by Crippen LogP contribution is -2.45. The zero-order valence-corrected chi connectivity index (χ0v) is 23.6. The third kappa shape index (κ3) is 8.40. The number of aliphatic carboxylic acids is 1. The summed E-state index contributed by atoms with van der Waals surface area (Å²) in [6.45, 7) is 10.5. The van der Waals surface area contributed by atoms with Gasteiger partial charge in [-0.25, -0.2) is 4.98 Å². The van der Waals surface area contributed by atoms with Crippen molar-refractivity contribution in [1.29, 1.82) is 0 Å². The Morgan fingerprint density at radius 2 is 1.97 bits per heavy atom. The third-order valence-electron chi connectivity index (χ3n) is 7.85. The highest BCUT2D eigenvalue weighted by atomic mass is 32.1. The highest BCUT2D eigenvalue weighted by molar-refractivity contribution is 7.09. The van der Waals surface area contributed by atoms with E-state index in [0.29, 0.717) is 17.8 Å². The highest BCUT2D eigenvalue weighted by Crippen LogP contribution is 2.44. The van der Waals surface area contributed by atoms with E-state index in [1.54, 1.807) is 6.92 Å². The van der Waals surface area contributed by atoms with E-state index in [9.17, 15) is 24.9 Å². The van der Waals surface area contributed by atoms with Gasteiger partial charge in [0.05, 0.1) is 48.0 Å². The van der Waals surface area contributed by atoms with Crippen LogP contribution >= 0.6 is 11.3 Å². The number of nitrogens with zero attached hydrogens (tertiary/aromatic N) is 1. The lowest BCUT2D eigenvalue weighted by Gasteiger charge is -2.34. The maximum atomic E-state index is 12.9. The minimum Gasteiger partial charge on any atom is -0.481 e. The van der Waals surface area contributed by atoms with Crippen LogP contribution in [0.25, 0.3) is 6.08 Å². The third-order valence-corrected chi connectivity index (χ3v) is 8.70. The van der Waals surface area contributed by atoms with Crippen LogP contribution in [0.15, 0.2) is 11.0 Å². The number of hydrogen-bond acceptors (Lipinski definition) is 9. The molecule has 2 unspecified atom stereocenters. The number of Topliss-reactive ketones (excluding diaryl/α,β-unsaturated/α-hetero) is 1. The number of epoxide rings is 1. The molecule has 2 heterocycles. The van der Waals surface area contributed by atoms with Crippen molar-refractivity contribution in [2.24, 2.45) is 23.0 Å². The molecule has 0 radical (unpaired) electrons. The van der Waals surface area contributed by atoms with E-state index in [1.807, 2.05) is 25.3 Å². The molecule has 1 aliphatic heterocycles. The lowest BCUT2D eigenvalue weighted by atomic mass is 9.73. The molecule has 0 saturated carbocycles. The van der Waals surface area contributed by atoms with Gasteiger partial charge in [-0.15, -0.1) is 11.3 Å². The summed E-state index contributed by atoms with van der Waals surface area (Å²) in [4.78, 5) is 28.2. The predicted molar refractivity (Wildman–Crippen MR) is 143 cm³/mol. The first-order valence-electron chi connectivity index (χ1n) is 12.9. The Kier molecular flexibility index (Phi) is 11.0. The summed E-state index contributed by atoms with van der Waals surface area (Å²) in [5.41, 5.74) is 6.65. The monoisotopic (exact) mass is 540 g/mol. The number of ketones is 1. The quantitative estimate of drug-likeness (QED) is 0.198.